The van der Waals surface area contributed by atoms with Gasteiger partial charge in [-0.3, -0.25) is 4.79 Å². The molecule has 1 aromatic rings. The number of carbonyl (C=O) groups excluding carboxylic acids is 1. The molecule has 0 bridgehead atoms. The molecule has 0 amide bonds. The number of pyridine rings is 1. The van der Waals surface area contributed by atoms with Crippen molar-refractivity contribution in [1.82, 2.24) is 4.98 Å². The molecule has 0 aromatic carbocycles. The highest BCUT2D eigenvalue weighted by Crippen LogP contribution is 2.08. The van der Waals surface area contributed by atoms with E-state index in [2.05, 4.69) is 20.9 Å². The quantitative estimate of drug-likeness (QED) is 0.453. The molecule has 1 heterocycles. The average Bonchev–Trinajstić information content (AvgIpc) is 1.88. The van der Waals surface area contributed by atoms with E-state index in [9.17, 15) is 4.79 Å². The lowest BCUT2D eigenvalue weighted by atomic mass is 10.3. The second-order valence-electron chi connectivity index (χ2n) is 1.64. The average molecular weight is 312 g/mol. The van der Waals surface area contributed by atoms with Crippen LogP contribution in [0.25, 0.3) is 0 Å². The first-order valence-corrected chi connectivity index (χ1v) is 4.39. The molecule has 0 spiro atoms. The molecule has 10 heavy (non-hydrogen) atoms. The molecule has 52 valence electrons. The summed E-state index contributed by atoms with van der Waals surface area (Å²) in [5.41, 5.74) is 0.629. The van der Waals surface area contributed by atoms with Gasteiger partial charge in [0.05, 0.1) is 0 Å². The first-order valence-electron chi connectivity index (χ1n) is 2.51. The van der Waals surface area contributed by atoms with Crippen LogP contribution in [0.15, 0.2) is 22.9 Å². The van der Waals surface area contributed by atoms with Crippen LogP contribution in [0.2, 0.25) is 0 Å². The molecule has 1 rings (SSSR count). The third-order valence-electron chi connectivity index (χ3n) is 0.954. The van der Waals surface area contributed by atoms with E-state index < -0.39 is 0 Å². The number of carbonyl (C=O) groups is 1. The molecular weight excluding hydrogens is 309 g/mol. The third-order valence-corrected chi connectivity index (χ3v) is 2.05. The summed E-state index contributed by atoms with van der Waals surface area (Å²) in [5, 5.41) is 0. The molecule has 0 atom stereocenters. The first-order chi connectivity index (χ1) is 4.70. The fourth-order valence-corrected chi connectivity index (χ4v) is 1.05. The van der Waals surface area contributed by atoms with Gasteiger partial charge in [-0.15, -0.1) is 0 Å². The van der Waals surface area contributed by atoms with E-state index in [0.29, 0.717) is 5.56 Å². The number of hydrogen-bond acceptors (Lipinski definition) is 2. The van der Waals surface area contributed by atoms with E-state index in [0.717, 1.165) is 4.60 Å². The minimum Gasteiger partial charge on any atom is -0.282 e. The Kier molecular flexibility index (Phi) is 2.79. The summed E-state index contributed by atoms with van der Waals surface area (Å²) < 4.78 is 0.756. The Labute approximate surface area is 80.3 Å². The maximum atomic E-state index is 10.7. The van der Waals surface area contributed by atoms with E-state index in [1.165, 1.54) is 0 Å². The maximum Gasteiger partial charge on any atom is 0.223 e. The monoisotopic (exact) mass is 311 g/mol. The first kappa shape index (κ1) is 8.13. The van der Waals surface area contributed by atoms with Crippen LogP contribution >= 0.6 is 38.5 Å². The maximum absolute atomic E-state index is 10.7. The second-order valence-corrected chi connectivity index (χ2v) is 3.44. The lowest BCUT2D eigenvalue weighted by molar-refractivity contribution is 0.110. The van der Waals surface area contributed by atoms with Crippen molar-refractivity contribution in [2.45, 2.75) is 0 Å². The highest BCUT2D eigenvalue weighted by atomic mass is 127. The molecule has 2 nitrogen and oxygen atoms in total. The zero-order valence-corrected chi connectivity index (χ0v) is 8.59. The third kappa shape index (κ3) is 2.02. The van der Waals surface area contributed by atoms with Crippen LogP contribution in [0.5, 0.6) is 0 Å². The van der Waals surface area contributed by atoms with Gasteiger partial charge in [-0.05, 0) is 28.1 Å². The Balaban J connectivity index is 3.00. The van der Waals surface area contributed by atoms with Gasteiger partial charge in [0.25, 0.3) is 0 Å². The SMILES string of the molecule is O=C(I)c1ccc(Br)nc1. The molecule has 0 radical (unpaired) electrons. The predicted molar refractivity (Wildman–Crippen MR) is 50.3 cm³/mol. The van der Waals surface area contributed by atoms with E-state index in [-0.39, 0.29) is 3.79 Å². The summed E-state index contributed by atoms with van der Waals surface area (Å²) in [7, 11) is 0. The van der Waals surface area contributed by atoms with Gasteiger partial charge >= 0.3 is 0 Å². The van der Waals surface area contributed by atoms with E-state index in [1.54, 1.807) is 40.9 Å². The topological polar surface area (TPSA) is 30.0 Å². The van der Waals surface area contributed by atoms with Crippen molar-refractivity contribution in [1.29, 1.82) is 0 Å². The predicted octanol–water partition coefficient (Wildman–Crippen LogP) is 2.42. The Morgan fingerprint density at radius 3 is 2.70 bits per heavy atom. The molecule has 0 aliphatic carbocycles. The zero-order valence-electron chi connectivity index (χ0n) is 4.84. The molecule has 0 aliphatic rings. The van der Waals surface area contributed by atoms with Gasteiger partial charge in [-0.1, -0.05) is 0 Å². The Hall–Kier alpha value is 0.0300. The van der Waals surface area contributed by atoms with Crippen LogP contribution in [0.3, 0.4) is 0 Å². The van der Waals surface area contributed by atoms with Crippen LogP contribution in [0.4, 0.5) is 0 Å². The van der Waals surface area contributed by atoms with Crippen LogP contribution in [-0.2, 0) is 0 Å². The normalized spacial score (nSPS) is 9.40. The van der Waals surface area contributed by atoms with Gasteiger partial charge in [0, 0.05) is 34.4 Å². The van der Waals surface area contributed by atoms with Crippen molar-refractivity contribution in [3.63, 3.8) is 0 Å². The van der Waals surface area contributed by atoms with Crippen LogP contribution < -0.4 is 0 Å². The second kappa shape index (κ2) is 3.43. The Bertz CT molecular complexity index is 246. The van der Waals surface area contributed by atoms with Crippen molar-refractivity contribution in [3.8, 4) is 0 Å². The molecule has 0 unspecified atom stereocenters. The summed E-state index contributed by atoms with van der Waals surface area (Å²) in [6, 6.07) is 3.47. The molecule has 0 aliphatic heterocycles. The highest BCUT2D eigenvalue weighted by molar-refractivity contribution is 14.1. The number of aromatic nitrogens is 1. The molecule has 0 saturated heterocycles. The number of nitrogens with zero attached hydrogens (tertiary/aromatic N) is 1. The minimum atomic E-state index is 0.0117. The highest BCUT2D eigenvalue weighted by Gasteiger charge is 1.98. The van der Waals surface area contributed by atoms with Crippen molar-refractivity contribution < 1.29 is 4.79 Å². The van der Waals surface area contributed by atoms with Crippen molar-refractivity contribution >= 4 is 42.3 Å². The summed E-state index contributed by atoms with van der Waals surface area (Å²) in [5.74, 6) is 0. The van der Waals surface area contributed by atoms with E-state index >= 15 is 0 Å². The molecule has 0 N–H and O–H groups in total. The van der Waals surface area contributed by atoms with Gasteiger partial charge in [-0.25, -0.2) is 4.98 Å². The van der Waals surface area contributed by atoms with E-state index in [1.807, 2.05) is 0 Å². The van der Waals surface area contributed by atoms with Gasteiger partial charge in [0.2, 0.25) is 3.79 Å². The minimum absolute atomic E-state index is 0.0117. The van der Waals surface area contributed by atoms with Crippen LogP contribution in [0.1, 0.15) is 10.4 Å². The van der Waals surface area contributed by atoms with Crippen LogP contribution in [-0.4, -0.2) is 8.77 Å². The molecule has 4 heteroatoms. The molecular formula is C6H3BrINO. The largest absolute Gasteiger partial charge is 0.282 e. The summed E-state index contributed by atoms with van der Waals surface area (Å²) in [6.45, 7) is 0. The van der Waals surface area contributed by atoms with Crippen molar-refractivity contribution in [2.24, 2.45) is 0 Å². The van der Waals surface area contributed by atoms with Crippen LogP contribution in [0, 0.1) is 0 Å². The summed E-state index contributed by atoms with van der Waals surface area (Å²) in [4.78, 5) is 14.6. The van der Waals surface area contributed by atoms with Gasteiger partial charge in [0.1, 0.15) is 4.60 Å². The van der Waals surface area contributed by atoms with Crippen molar-refractivity contribution in [2.75, 3.05) is 0 Å². The lowest BCUT2D eigenvalue weighted by Crippen LogP contribution is -1.87. The smallest absolute Gasteiger partial charge is 0.223 e. The summed E-state index contributed by atoms with van der Waals surface area (Å²) in [6.07, 6.45) is 1.54. The molecule has 1 aromatic heterocycles. The molecule has 0 fully saturated rings. The van der Waals surface area contributed by atoms with E-state index in [4.69, 9.17) is 0 Å². The van der Waals surface area contributed by atoms with Gasteiger partial charge in [0.15, 0.2) is 0 Å². The molecule has 0 saturated carbocycles. The van der Waals surface area contributed by atoms with Crippen molar-refractivity contribution in [3.05, 3.63) is 28.5 Å². The summed E-state index contributed by atoms with van der Waals surface area (Å²) >= 11 is 4.90. The zero-order chi connectivity index (χ0) is 7.56. The Morgan fingerprint density at radius 2 is 2.30 bits per heavy atom. The number of rotatable bonds is 1. The number of halogens is 2. The van der Waals surface area contributed by atoms with Gasteiger partial charge < -0.3 is 0 Å². The fourth-order valence-electron chi connectivity index (χ4n) is 0.492. The number of hydrogen-bond donors (Lipinski definition) is 0. The fraction of sp³-hybridized carbons (Fsp3) is 0. The Morgan fingerprint density at radius 1 is 1.60 bits per heavy atom. The van der Waals surface area contributed by atoms with Gasteiger partial charge in [-0.2, -0.15) is 0 Å². The standard InChI is InChI=1S/C6H3BrINO/c7-5-2-1-4(3-9-5)6(8)10/h1-3H. The lowest BCUT2D eigenvalue weighted by Gasteiger charge is -1.90.